The van der Waals surface area contributed by atoms with Gasteiger partial charge in [0.1, 0.15) is 38.1 Å². The van der Waals surface area contributed by atoms with E-state index in [1.807, 2.05) is 67.0 Å². The van der Waals surface area contributed by atoms with Crippen molar-refractivity contribution in [1.29, 1.82) is 0 Å². The standard InChI is InChI=1S/C27H33Cl2N7O2.C26H31Cl2N7O.C26H32ClN7.C22H26F3N7/c1-17-11-21(19-3-5-36(6-4-19)26(37)16-35-7-9-38-10-8-35)22(28)13-20(17)14-24-30-15-23(29)27(31-24)32-25-12-18(2)33-34-25;1-16-10-20(18-4-8-35(9-5-18)25(36)15-34-6-3-7-34)21(27)12-19(16)13-23-29-14-22(28)26(30-23)31-24-11-17(2)32-33-24;1-15-12-22(16(2)11-20(15)17-7-9-34(10-8-17)19-5-6-19)29-26-28-14-21(27)25(31-26)30-24-13-23(32-33-24)18-3-4-18;1-12-9-18(13(2)8-16(12)15-4-6-26-7-5-15)28-21-27-11-17(22(23,24)25)20(30-21)29-19-10-14(3)31-32-19/h11-13,15,19H,3-10,14,16H2,1-2H3,(H2,30,31,32,33,34);10-12,14,18H,3-9,13,15H2,1-2H3,(H2,29,30,31,32,33);11-14,17-19H,3-10H2,1-2H3,(H3,28,29,30,31,32,33);8-11,15,26H,4-7H2,1-3H3,(H3,27,28,29,30,31,32). The van der Waals surface area contributed by atoms with Crippen molar-refractivity contribution < 1.29 is 27.5 Å². The van der Waals surface area contributed by atoms with Gasteiger partial charge in [-0.2, -0.15) is 43.5 Å². The fourth-order valence-corrected chi connectivity index (χ4v) is 20.3. The van der Waals surface area contributed by atoms with Crippen LogP contribution in [0.15, 0.2) is 97.6 Å². The number of aromatic amines is 4. The second-order valence-electron chi connectivity index (χ2n) is 38.2. The van der Waals surface area contributed by atoms with Gasteiger partial charge in [-0.1, -0.05) is 82.3 Å². The van der Waals surface area contributed by atoms with Crippen molar-refractivity contribution in [3.8, 4) is 0 Å². The van der Waals surface area contributed by atoms with E-state index in [1.165, 1.54) is 85.9 Å². The van der Waals surface area contributed by atoms with E-state index in [0.29, 0.717) is 136 Å². The van der Waals surface area contributed by atoms with Gasteiger partial charge >= 0.3 is 6.18 Å². The molecule has 2 saturated carbocycles. The summed E-state index contributed by atoms with van der Waals surface area (Å²) in [5.41, 5.74) is 18.8. The molecule has 0 unspecified atom stereocenters. The van der Waals surface area contributed by atoms with Gasteiger partial charge in [0.2, 0.25) is 23.7 Å². The summed E-state index contributed by atoms with van der Waals surface area (Å²) in [4.78, 5) is 71.6. The van der Waals surface area contributed by atoms with E-state index in [1.54, 1.807) is 31.6 Å². The Balaban J connectivity index is 0.000000129. The molecule has 0 radical (unpaired) electrons. The summed E-state index contributed by atoms with van der Waals surface area (Å²) in [7, 11) is 0. The van der Waals surface area contributed by atoms with Crippen LogP contribution in [-0.2, 0) is 33.3 Å². The summed E-state index contributed by atoms with van der Waals surface area (Å²) in [5.74, 6) is 8.29. The van der Waals surface area contributed by atoms with Crippen molar-refractivity contribution in [3.63, 3.8) is 0 Å². The average Bonchev–Trinajstić information content (AvgIpc) is 1.01. The number of H-pyrrole nitrogens is 4. The number of amides is 2. The molecule has 4 aromatic carbocycles. The lowest BCUT2D eigenvalue weighted by molar-refractivity contribution is -0.137. The number of rotatable bonds is 26. The van der Waals surface area contributed by atoms with Crippen LogP contribution in [0.4, 0.5) is 83.0 Å². The maximum Gasteiger partial charge on any atom is 0.421 e. The average molecular weight is 2010 g/mol. The number of halogens is 8. The van der Waals surface area contributed by atoms with Crippen LogP contribution in [-0.4, -0.2) is 228 Å². The molecule has 8 aromatic heterocycles. The van der Waals surface area contributed by atoms with Crippen LogP contribution in [0.1, 0.15) is 220 Å². The molecule has 6 aliphatic heterocycles. The summed E-state index contributed by atoms with van der Waals surface area (Å²) in [6.07, 6.45) is 16.9. The van der Waals surface area contributed by atoms with Gasteiger partial charge in [0.15, 0.2) is 40.7 Å². The van der Waals surface area contributed by atoms with Gasteiger partial charge in [0, 0.05) is 139 Å². The molecule has 6 saturated heterocycles. The third-order valence-corrected chi connectivity index (χ3v) is 29.1. The number of carbonyl (C=O) groups is 2. The number of alkyl halides is 3. The highest BCUT2D eigenvalue weighted by Crippen LogP contribution is 2.44. The predicted molar refractivity (Wildman–Crippen MR) is 545 cm³/mol. The third kappa shape index (κ3) is 26.2. The van der Waals surface area contributed by atoms with Crippen LogP contribution in [0.5, 0.6) is 0 Å². The minimum atomic E-state index is -4.60. The first-order chi connectivity index (χ1) is 67.4. The summed E-state index contributed by atoms with van der Waals surface area (Å²) >= 11 is 32.6. The van der Waals surface area contributed by atoms with Crippen molar-refractivity contribution in [3.05, 3.63) is 229 Å². The van der Waals surface area contributed by atoms with Gasteiger partial charge in [0.25, 0.3) is 0 Å². The Morgan fingerprint density at radius 2 is 0.793 bits per heavy atom. The van der Waals surface area contributed by atoms with Crippen LogP contribution in [0.25, 0.3) is 0 Å². The Kier molecular flexibility index (Phi) is 32.5. The quantitative estimate of drug-likeness (QED) is 0.0240. The second kappa shape index (κ2) is 45.4. The molecule has 31 nitrogen and oxygen atoms in total. The zero-order valence-electron chi connectivity index (χ0n) is 80.5. The minimum absolute atomic E-state index is 0.0740. The molecule has 8 aliphatic rings. The SMILES string of the molecule is Cc1cc(C2CCN(C3CC3)CC2)c(C)cc1Nc1ncc(Cl)c(Nc2cc(C3CC3)[nH]n2)n1.Cc1cc(Nc2nc(Cc3cc(Cl)c(C4CCN(C(=O)CN5CCC5)CC4)cc3C)ncc2Cl)n[nH]1.Cc1cc(Nc2nc(Cc3cc(Cl)c(C4CCN(C(=O)CN5CCOCC5)CC4)cc3C)ncc2Cl)n[nH]1.Cc1cc(Nc2nc(Nc3cc(C)c(C4CCNCC4)cc3C)ncc2C(F)(F)F)n[nH]1. The molecule has 8 fully saturated rings. The molecule has 12 aromatic rings. The highest BCUT2D eigenvalue weighted by Gasteiger charge is 2.38. The Morgan fingerprint density at radius 1 is 0.393 bits per heavy atom. The van der Waals surface area contributed by atoms with Gasteiger partial charge in [-0.15, -0.1) is 0 Å². The Hall–Kier alpha value is -11.2. The van der Waals surface area contributed by atoms with Crippen molar-refractivity contribution >= 4 is 140 Å². The number of anilines is 12. The van der Waals surface area contributed by atoms with Gasteiger partial charge in [0.05, 0.1) is 44.9 Å². The number of likely N-dealkylation sites (tertiary alicyclic amines) is 4. The second-order valence-corrected chi connectivity index (χ2v) is 40.3. The summed E-state index contributed by atoms with van der Waals surface area (Å²) in [5, 5.41) is 53.1. The van der Waals surface area contributed by atoms with Crippen molar-refractivity contribution in [2.24, 2.45) is 0 Å². The lowest BCUT2D eigenvalue weighted by Gasteiger charge is -2.36. The number of nitrogens with zero attached hydrogens (tertiary/aromatic N) is 17. The lowest BCUT2D eigenvalue weighted by atomic mass is 9.85. The van der Waals surface area contributed by atoms with E-state index in [0.717, 1.165) is 199 Å². The first-order valence-electron chi connectivity index (χ1n) is 48.5. The number of ether oxygens (including phenoxy) is 1. The normalized spacial score (nSPS) is 17.1. The number of aryl methyl sites for hydroxylation is 9. The third-order valence-electron chi connectivity index (χ3n) is 27.6. The molecule has 20 rings (SSSR count). The first kappa shape index (κ1) is 100. The number of morpholine rings is 1. The smallest absolute Gasteiger partial charge is 0.379 e. The molecule has 39 heteroatoms. The molecule has 0 bridgehead atoms. The van der Waals surface area contributed by atoms with E-state index < -0.39 is 11.7 Å². The Bertz CT molecular complexity index is 6340. The molecule has 740 valence electrons. The van der Waals surface area contributed by atoms with Gasteiger partial charge < -0.3 is 56.7 Å². The highest BCUT2D eigenvalue weighted by molar-refractivity contribution is 6.34. The van der Waals surface area contributed by atoms with E-state index in [2.05, 4.69) is 198 Å². The lowest BCUT2D eigenvalue weighted by Crippen LogP contribution is -2.47. The number of hydrogen-bond acceptors (Lipinski definition) is 25. The molecular formula is C101H122Cl5F3N28O3. The fraction of sp³-hybridized carbons (Fsp3) is 0.465. The number of aromatic nitrogens is 16. The number of hydrogen-bond donors (Lipinski definition) is 11. The zero-order chi connectivity index (χ0) is 98.0. The first-order valence-corrected chi connectivity index (χ1v) is 50.4. The number of nitrogens with one attached hydrogen (secondary N) is 11. The maximum absolute atomic E-state index is 13.5. The monoisotopic (exact) mass is 2010 g/mol. The number of benzene rings is 4. The van der Waals surface area contributed by atoms with Gasteiger partial charge in [-0.05, 0) is 300 Å². The van der Waals surface area contributed by atoms with E-state index >= 15 is 0 Å². The van der Waals surface area contributed by atoms with Crippen molar-refractivity contribution in [2.45, 2.75) is 200 Å². The highest BCUT2D eigenvalue weighted by atomic mass is 35.5. The topological polar surface area (TPSA) is 362 Å². The molecule has 0 atom stereocenters. The molecule has 2 aliphatic carbocycles. The fourth-order valence-electron chi connectivity index (χ4n) is 19.2. The molecule has 14 heterocycles. The molecular weight excluding hydrogens is 1890 g/mol. The van der Waals surface area contributed by atoms with Crippen LogP contribution in [0.3, 0.4) is 0 Å². The zero-order valence-corrected chi connectivity index (χ0v) is 84.3. The van der Waals surface area contributed by atoms with Crippen LogP contribution >= 0.6 is 58.0 Å². The predicted octanol–water partition coefficient (Wildman–Crippen LogP) is 20.6. The Morgan fingerprint density at radius 3 is 1.23 bits per heavy atom. The van der Waals surface area contributed by atoms with E-state index in [-0.39, 0.29) is 29.4 Å². The molecule has 11 N–H and O–H groups in total. The van der Waals surface area contributed by atoms with E-state index in [9.17, 15) is 22.8 Å². The van der Waals surface area contributed by atoms with Crippen LogP contribution < -0.4 is 37.2 Å². The largest absolute Gasteiger partial charge is 0.421 e. The Labute approximate surface area is 838 Å². The molecule has 2 amide bonds. The summed E-state index contributed by atoms with van der Waals surface area (Å²) < 4.78 is 45.8. The summed E-state index contributed by atoms with van der Waals surface area (Å²) in [6.45, 7) is 32.0. The van der Waals surface area contributed by atoms with Crippen LogP contribution in [0, 0.1) is 62.3 Å². The number of piperidine rings is 4. The minimum Gasteiger partial charge on any atom is -0.379 e. The van der Waals surface area contributed by atoms with Crippen molar-refractivity contribution in [2.75, 3.05) is 137 Å². The molecule has 140 heavy (non-hydrogen) atoms. The maximum atomic E-state index is 13.5. The number of carbonyl (C=O) groups excluding carboxylic acids is 2. The van der Waals surface area contributed by atoms with Gasteiger partial charge in [-0.25, -0.2) is 29.9 Å². The van der Waals surface area contributed by atoms with E-state index in [4.69, 9.17) is 62.7 Å². The molecule has 0 spiro atoms. The van der Waals surface area contributed by atoms with Gasteiger partial charge in [-0.3, -0.25) is 39.8 Å². The van der Waals surface area contributed by atoms with Crippen LogP contribution in [0.2, 0.25) is 25.1 Å². The summed E-state index contributed by atoms with van der Waals surface area (Å²) in [6, 6.07) is 25.5. The van der Waals surface area contributed by atoms with Crippen molar-refractivity contribution in [1.82, 2.24) is 110 Å².